The lowest BCUT2D eigenvalue weighted by molar-refractivity contribution is -0.144. The van der Waals surface area contributed by atoms with Gasteiger partial charge in [-0.25, -0.2) is 8.78 Å². The molecule has 3 atom stereocenters. The van der Waals surface area contributed by atoms with Gasteiger partial charge in [-0.2, -0.15) is 0 Å². The highest BCUT2D eigenvalue weighted by Crippen LogP contribution is 2.25. The lowest BCUT2D eigenvalue weighted by Crippen LogP contribution is -2.45. The summed E-state index contributed by atoms with van der Waals surface area (Å²) < 4.78 is 27.4. The van der Waals surface area contributed by atoms with E-state index in [1.54, 1.807) is 17.5 Å². The number of carbonyl (C=O) groups is 2. The Labute approximate surface area is 208 Å². The van der Waals surface area contributed by atoms with Crippen molar-refractivity contribution in [2.24, 2.45) is 17.6 Å². The van der Waals surface area contributed by atoms with Crippen LogP contribution in [-0.2, 0) is 24.2 Å². The standard InChI is InChI=1S/C27H30F2N2O3S/c1-2-17-5-3-6-18(9-17)15-31-16-23(24(30)12-19-10-20(28)13-21(29)11-19)22(27(33)34)14-25(32)26-7-4-8-35-26/h3-11,13,22-24,31H,2,12,14-16,30H2,1H3,(H,33,34)/t22-,23-,24?/m0/s1. The molecule has 0 saturated carbocycles. The summed E-state index contributed by atoms with van der Waals surface area (Å²) >= 11 is 1.26. The predicted molar refractivity (Wildman–Crippen MR) is 133 cm³/mol. The van der Waals surface area contributed by atoms with Crippen LogP contribution in [0.15, 0.2) is 60.0 Å². The Bertz CT molecular complexity index is 1120. The number of nitrogens with two attached hydrogens (primary N) is 1. The number of carboxylic acid groups (broad SMARTS) is 1. The van der Waals surface area contributed by atoms with Crippen LogP contribution in [-0.4, -0.2) is 29.4 Å². The van der Waals surface area contributed by atoms with E-state index in [0.717, 1.165) is 18.1 Å². The van der Waals surface area contributed by atoms with Gasteiger partial charge in [0, 0.05) is 37.5 Å². The zero-order valence-electron chi connectivity index (χ0n) is 19.5. The van der Waals surface area contributed by atoms with E-state index in [4.69, 9.17) is 5.73 Å². The first-order valence-corrected chi connectivity index (χ1v) is 12.4. The molecule has 186 valence electrons. The Hall–Kier alpha value is -2.94. The summed E-state index contributed by atoms with van der Waals surface area (Å²) in [6.07, 6.45) is 0.763. The largest absolute Gasteiger partial charge is 0.481 e. The Morgan fingerprint density at radius 1 is 1.03 bits per heavy atom. The average molecular weight is 501 g/mol. The van der Waals surface area contributed by atoms with Gasteiger partial charge in [-0.1, -0.05) is 37.3 Å². The van der Waals surface area contributed by atoms with E-state index in [1.807, 2.05) is 18.2 Å². The molecule has 0 radical (unpaired) electrons. The van der Waals surface area contributed by atoms with Crippen LogP contribution in [0.25, 0.3) is 0 Å². The molecular formula is C27H30F2N2O3S. The van der Waals surface area contributed by atoms with Gasteiger partial charge in [-0.05, 0) is 53.1 Å². The second-order valence-corrected chi connectivity index (χ2v) is 9.61. The van der Waals surface area contributed by atoms with E-state index < -0.39 is 35.5 Å². The molecule has 0 amide bonds. The van der Waals surface area contributed by atoms with Crippen LogP contribution >= 0.6 is 11.3 Å². The summed E-state index contributed by atoms with van der Waals surface area (Å²) in [4.78, 5) is 25.5. The van der Waals surface area contributed by atoms with Crippen molar-refractivity contribution in [1.82, 2.24) is 5.32 Å². The molecule has 0 fully saturated rings. The number of carboxylic acids is 1. The second kappa shape index (κ2) is 12.7. The molecule has 0 aliphatic carbocycles. The van der Waals surface area contributed by atoms with Gasteiger partial charge in [0.1, 0.15) is 11.6 Å². The Balaban J connectivity index is 1.80. The number of halogens is 2. The second-order valence-electron chi connectivity index (χ2n) is 8.66. The van der Waals surface area contributed by atoms with Gasteiger partial charge in [0.05, 0.1) is 10.8 Å². The molecule has 3 aromatic rings. The number of aryl methyl sites for hydroxylation is 1. The fourth-order valence-electron chi connectivity index (χ4n) is 4.25. The number of aliphatic carboxylic acids is 1. The molecule has 8 heteroatoms. The molecule has 0 saturated heterocycles. The molecule has 1 aromatic heterocycles. The van der Waals surface area contributed by atoms with Gasteiger partial charge in [0.15, 0.2) is 5.78 Å². The van der Waals surface area contributed by atoms with Gasteiger partial charge in [0.25, 0.3) is 0 Å². The van der Waals surface area contributed by atoms with Gasteiger partial charge in [-0.15, -0.1) is 11.3 Å². The Morgan fingerprint density at radius 2 is 1.74 bits per heavy atom. The number of rotatable bonds is 13. The highest BCUT2D eigenvalue weighted by molar-refractivity contribution is 7.12. The topological polar surface area (TPSA) is 92.4 Å². The third-order valence-corrected chi connectivity index (χ3v) is 7.00. The van der Waals surface area contributed by atoms with Crippen molar-refractivity contribution in [1.29, 1.82) is 0 Å². The van der Waals surface area contributed by atoms with Gasteiger partial charge in [0.2, 0.25) is 0 Å². The van der Waals surface area contributed by atoms with Gasteiger partial charge >= 0.3 is 5.97 Å². The Morgan fingerprint density at radius 3 is 2.37 bits per heavy atom. The number of carbonyl (C=O) groups excluding carboxylic acids is 1. The molecule has 0 bridgehead atoms. The lowest BCUT2D eigenvalue weighted by Gasteiger charge is -2.29. The maximum Gasteiger partial charge on any atom is 0.307 e. The van der Waals surface area contributed by atoms with Crippen molar-refractivity contribution in [3.8, 4) is 0 Å². The molecule has 0 spiro atoms. The minimum Gasteiger partial charge on any atom is -0.481 e. The smallest absolute Gasteiger partial charge is 0.307 e. The molecular weight excluding hydrogens is 470 g/mol. The third kappa shape index (κ3) is 7.78. The molecule has 0 aliphatic rings. The number of nitrogens with one attached hydrogen (secondary N) is 1. The van der Waals surface area contributed by atoms with E-state index in [9.17, 15) is 23.5 Å². The molecule has 0 aliphatic heterocycles. The summed E-state index contributed by atoms with van der Waals surface area (Å²) in [6.45, 7) is 2.79. The normalized spacial score (nSPS) is 13.8. The van der Waals surface area contributed by atoms with Crippen LogP contribution in [0, 0.1) is 23.5 Å². The maximum absolute atomic E-state index is 13.7. The average Bonchev–Trinajstić information content (AvgIpc) is 3.35. The summed E-state index contributed by atoms with van der Waals surface area (Å²) in [5.74, 6) is -4.56. The monoisotopic (exact) mass is 500 g/mol. The fourth-order valence-corrected chi connectivity index (χ4v) is 4.92. The quantitative estimate of drug-likeness (QED) is 0.292. The summed E-state index contributed by atoms with van der Waals surface area (Å²) in [6, 6.07) is 13.9. The highest BCUT2D eigenvalue weighted by Gasteiger charge is 2.34. The van der Waals surface area contributed by atoms with E-state index in [0.29, 0.717) is 17.0 Å². The molecule has 3 rings (SSSR count). The zero-order chi connectivity index (χ0) is 25.4. The number of thiophene rings is 1. The van der Waals surface area contributed by atoms with Crippen molar-refractivity contribution < 1.29 is 23.5 Å². The predicted octanol–water partition coefficient (Wildman–Crippen LogP) is 4.84. The Kier molecular flexibility index (Phi) is 9.65. The van der Waals surface area contributed by atoms with Crippen molar-refractivity contribution >= 4 is 23.1 Å². The number of Topliss-reactive ketones (excluding diaryl/α,β-unsaturated/α-hetero) is 1. The van der Waals surface area contributed by atoms with E-state index in [-0.39, 0.29) is 25.2 Å². The lowest BCUT2D eigenvalue weighted by atomic mass is 9.80. The molecule has 4 N–H and O–H groups in total. The van der Waals surface area contributed by atoms with Crippen molar-refractivity contribution in [2.45, 2.75) is 38.8 Å². The van der Waals surface area contributed by atoms with Crippen LogP contribution in [0.2, 0.25) is 0 Å². The third-order valence-electron chi connectivity index (χ3n) is 6.09. The summed E-state index contributed by atoms with van der Waals surface area (Å²) in [5.41, 5.74) is 9.03. The summed E-state index contributed by atoms with van der Waals surface area (Å²) in [7, 11) is 0. The van der Waals surface area contributed by atoms with E-state index in [2.05, 4.69) is 18.3 Å². The summed E-state index contributed by atoms with van der Waals surface area (Å²) in [5, 5.41) is 15.1. The van der Waals surface area contributed by atoms with Crippen LogP contribution in [0.4, 0.5) is 8.78 Å². The SMILES string of the molecule is CCc1cccc(CNC[C@H](C(N)Cc2cc(F)cc(F)c2)[C@H](CC(=O)c2cccs2)C(=O)O)c1. The van der Waals surface area contributed by atoms with E-state index in [1.165, 1.54) is 29.0 Å². The number of benzene rings is 2. The maximum atomic E-state index is 13.7. The van der Waals surface area contributed by atoms with Gasteiger partial charge in [-0.3, -0.25) is 9.59 Å². The van der Waals surface area contributed by atoms with Gasteiger partial charge < -0.3 is 16.2 Å². The first-order valence-electron chi connectivity index (χ1n) is 11.6. The number of hydrogen-bond donors (Lipinski definition) is 3. The first-order chi connectivity index (χ1) is 16.8. The zero-order valence-corrected chi connectivity index (χ0v) is 20.4. The molecule has 1 unspecified atom stereocenters. The highest BCUT2D eigenvalue weighted by atomic mass is 32.1. The fraction of sp³-hybridized carbons (Fsp3) is 0.333. The molecule has 2 aromatic carbocycles. The van der Waals surface area contributed by atoms with Crippen LogP contribution < -0.4 is 11.1 Å². The van der Waals surface area contributed by atoms with Crippen molar-refractivity contribution in [2.75, 3.05) is 6.54 Å². The number of hydrogen-bond acceptors (Lipinski definition) is 5. The molecule has 1 heterocycles. The van der Waals surface area contributed by atoms with E-state index >= 15 is 0 Å². The van der Waals surface area contributed by atoms with Crippen LogP contribution in [0.1, 0.15) is 39.7 Å². The van der Waals surface area contributed by atoms with Crippen molar-refractivity contribution in [3.05, 3.63) is 93.2 Å². The molecule has 5 nitrogen and oxygen atoms in total. The van der Waals surface area contributed by atoms with Crippen molar-refractivity contribution in [3.63, 3.8) is 0 Å². The van der Waals surface area contributed by atoms with Crippen LogP contribution in [0.5, 0.6) is 0 Å². The van der Waals surface area contributed by atoms with Crippen LogP contribution in [0.3, 0.4) is 0 Å². The minimum absolute atomic E-state index is 0.0727. The molecule has 35 heavy (non-hydrogen) atoms. The minimum atomic E-state index is -1.13. The first kappa shape index (κ1) is 26.7. The number of ketones is 1.